The Hall–Kier alpha value is -1.96. The van der Waals surface area contributed by atoms with Crippen molar-refractivity contribution in [2.24, 2.45) is 22.4 Å². The maximum Gasteiger partial charge on any atom is 0.132 e. The second-order valence-electron chi connectivity index (χ2n) is 6.97. The van der Waals surface area contributed by atoms with Crippen LogP contribution in [0.4, 0.5) is 0 Å². The second kappa shape index (κ2) is 9.66. The molecule has 2 rings (SSSR count). The van der Waals surface area contributed by atoms with E-state index in [0.29, 0.717) is 18.2 Å². The number of nitrogens with zero attached hydrogens (tertiary/aromatic N) is 2. The molecule has 7 nitrogen and oxygen atoms in total. The second-order valence-corrected chi connectivity index (χ2v) is 6.97. The largest absolute Gasteiger partial charge is 0.398 e. The molecule has 0 saturated carbocycles. The Morgan fingerprint density at radius 2 is 2.31 bits per heavy atom. The number of aliphatic imine (C=N–C) groups is 1. The van der Waals surface area contributed by atoms with E-state index in [4.69, 9.17) is 21.7 Å². The van der Waals surface area contributed by atoms with Gasteiger partial charge in [0.1, 0.15) is 12.2 Å². The molecule has 0 spiro atoms. The summed E-state index contributed by atoms with van der Waals surface area (Å²) < 4.78 is 0. The highest BCUT2D eigenvalue weighted by atomic mass is 16.7. The minimum absolute atomic E-state index is 0.109. The number of allylic oxidation sites excluding steroid dienone is 3. The van der Waals surface area contributed by atoms with Crippen LogP contribution in [0.3, 0.4) is 0 Å². The number of nitrogens with two attached hydrogens (primary N) is 2. The lowest BCUT2D eigenvalue weighted by Crippen LogP contribution is -2.44. The van der Waals surface area contributed by atoms with Crippen LogP contribution in [0.15, 0.2) is 40.1 Å². The van der Waals surface area contributed by atoms with Crippen molar-refractivity contribution in [3.8, 4) is 0 Å². The first-order chi connectivity index (χ1) is 12.5. The van der Waals surface area contributed by atoms with Gasteiger partial charge in [0.25, 0.3) is 0 Å². The van der Waals surface area contributed by atoms with E-state index in [2.05, 4.69) is 36.3 Å². The van der Waals surface area contributed by atoms with Crippen molar-refractivity contribution < 1.29 is 4.84 Å². The summed E-state index contributed by atoms with van der Waals surface area (Å²) in [6, 6.07) is 0.0885. The van der Waals surface area contributed by atoms with Gasteiger partial charge in [-0.25, -0.2) is 4.99 Å². The fourth-order valence-corrected chi connectivity index (χ4v) is 3.30. The van der Waals surface area contributed by atoms with Gasteiger partial charge in [-0.15, -0.1) is 0 Å². The number of hydrogen-bond acceptors (Lipinski definition) is 5. The van der Waals surface area contributed by atoms with Crippen LogP contribution in [-0.4, -0.2) is 49.0 Å². The highest BCUT2D eigenvalue weighted by Crippen LogP contribution is 2.22. The molecule has 6 N–H and O–H groups in total. The van der Waals surface area contributed by atoms with Crippen molar-refractivity contribution in [2.75, 3.05) is 19.7 Å². The van der Waals surface area contributed by atoms with Crippen LogP contribution in [0.5, 0.6) is 0 Å². The molecule has 0 aromatic rings. The van der Waals surface area contributed by atoms with E-state index >= 15 is 0 Å². The lowest BCUT2D eigenvalue weighted by Gasteiger charge is -2.24. The predicted molar refractivity (Wildman–Crippen MR) is 107 cm³/mol. The molecule has 0 amide bonds. The molecule has 2 aliphatic rings. The Labute approximate surface area is 156 Å². The van der Waals surface area contributed by atoms with E-state index in [9.17, 15) is 0 Å². The third-order valence-corrected chi connectivity index (χ3v) is 4.67. The molecule has 0 aromatic heterocycles. The summed E-state index contributed by atoms with van der Waals surface area (Å²) in [6.07, 6.45) is 9.27. The quantitative estimate of drug-likeness (QED) is 0.389. The van der Waals surface area contributed by atoms with E-state index in [0.717, 1.165) is 43.4 Å². The van der Waals surface area contributed by atoms with Gasteiger partial charge < -0.3 is 16.8 Å². The average Bonchev–Trinajstić information content (AvgIpc) is 3.03. The Morgan fingerprint density at radius 3 is 2.92 bits per heavy atom. The molecule has 26 heavy (non-hydrogen) atoms. The number of hydroxylamine groups is 2. The number of nitrogens with one attached hydrogen (secondary N) is 2. The van der Waals surface area contributed by atoms with Gasteiger partial charge in [0.05, 0.1) is 6.61 Å². The Morgan fingerprint density at radius 1 is 1.54 bits per heavy atom. The first-order valence-corrected chi connectivity index (χ1v) is 9.31. The molecule has 144 valence electrons. The van der Waals surface area contributed by atoms with Crippen LogP contribution in [0, 0.1) is 11.3 Å². The molecule has 1 aliphatic carbocycles. The molecule has 1 saturated heterocycles. The molecule has 3 unspecified atom stereocenters. The molecule has 1 heterocycles. The van der Waals surface area contributed by atoms with E-state index in [1.54, 1.807) is 0 Å². The van der Waals surface area contributed by atoms with Crippen molar-refractivity contribution in [2.45, 2.75) is 45.7 Å². The van der Waals surface area contributed by atoms with Gasteiger partial charge in [-0.1, -0.05) is 32.1 Å². The molecule has 0 bridgehead atoms. The van der Waals surface area contributed by atoms with Gasteiger partial charge in [0.15, 0.2) is 0 Å². The minimum Gasteiger partial charge on any atom is -0.398 e. The third kappa shape index (κ3) is 5.27. The molecular weight excluding hydrogens is 328 g/mol. The zero-order valence-corrected chi connectivity index (χ0v) is 16.0. The maximum absolute atomic E-state index is 7.24. The number of amidine groups is 1. The first-order valence-electron chi connectivity index (χ1n) is 9.31. The van der Waals surface area contributed by atoms with Crippen molar-refractivity contribution in [1.29, 1.82) is 5.41 Å². The average molecular weight is 361 g/mol. The molecular formula is C19H32N6O. The Kier molecular flexibility index (Phi) is 7.56. The summed E-state index contributed by atoms with van der Waals surface area (Å²) in [5.74, 6) is 0.785. The van der Waals surface area contributed by atoms with Gasteiger partial charge in [0.2, 0.25) is 0 Å². The van der Waals surface area contributed by atoms with E-state index in [-0.39, 0.29) is 17.9 Å². The highest BCUT2D eigenvalue weighted by Gasteiger charge is 2.27. The van der Waals surface area contributed by atoms with E-state index in [1.165, 1.54) is 0 Å². The standard InChI is InChI=1S/C19H32N6O/c1-4-9-25-10-16(11-26-25)24-14(3)17(19(22)23-12-20)18(21)15-7-5-13(2)6-8-15/h5,7-8,12-14,16,24H,4,6,9-11,21H2,1-3H3,(H3,20,22,23). The van der Waals surface area contributed by atoms with Crippen LogP contribution in [0.2, 0.25) is 0 Å². The van der Waals surface area contributed by atoms with Crippen LogP contribution in [0.1, 0.15) is 33.6 Å². The van der Waals surface area contributed by atoms with Crippen molar-refractivity contribution in [1.82, 2.24) is 10.4 Å². The van der Waals surface area contributed by atoms with Crippen LogP contribution >= 0.6 is 0 Å². The number of rotatable bonds is 8. The zero-order chi connectivity index (χ0) is 19.1. The van der Waals surface area contributed by atoms with Gasteiger partial charge in [-0.05, 0) is 31.3 Å². The monoisotopic (exact) mass is 360 g/mol. The van der Waals surface area contributed by atoms with Crippen molar-refractivity contribution in [3.05, 3.63) is 35.1 Å². The maximum atomic E-state index is 7.24. The molecule has 1 aliphatic heterocycles. The Bertz CT molecular complexity index is 622. The van der Waals surface area contributed by atoms with Gasteiger partial charge >= 0.3 is 0 Å². The van der Waals surface area contributed by atoms with Crippen LogP contribution < -0.4 is 16.8 Å². The third-order valence-electron chi connectivity index (χ3n) is 4.67. The summed E-state index contributed by atoms with van der Waals surface area (Å²) in [5.41, 5.74) is 14.9. The molecule has 7 heteroatoms. The summed E-state index contributed by atoms with van der Waals surface area (Å²) in [7, 11) is 0. The summed E-state index contributed by atoms with van der Waals surface area (Å²) in [6.45, 7) is 8.70. The van der Waals surface area contributed by atoms with Gasteiger partial charge in [0, 0.05) is 36.4 Å². The van der Waals surface area contributed by atoms with Crippen LogP contribution in [0.25, 0.3) is 0 Å². The fourth-order valence-electron chi connectivity index (χ4n) is 3.30. The van der Waals surface area contributed by atoms with Gasteiger partial charge in [-0.2, -0.15) is 5.06 Å². The SMILES string of the molecule is CCCN1CC(NC(C)C(C(N)=NC=N)=C(N)C2=CCC(C)C=C2)CO1. The molecule has 0 aromatic carbocycles. The van der Waals surface area contributed by atoms with Crippen molar-refractivity contribution >= 4 is 12.2 Å². The predicted octanol–water partition coefficient (Wildman–Crippen LogP) is 1.69. The van der Waals surface area contributed by atoms with Gasteiger partial charge in [-0.3, -0.25) is 10.2 Å². The molecule has 0 radical (unpaired) electrons. The number of hydrogen-bond donors (Lipinski definition) is 4. The summed E-state index contributed by atoms with van der Waals surface area (Å²) in [4.78, 5) is 9.65. The van der Waals surface area contributed by atoms with E-state index in [1.807, 2.05) is 18.1 Å². The lowest BCUT2D eigenvalue weighted by atomic mass is 9.93. The smallest absolute Gasteiger partial charge is 0.132 e. The van der Waals surface area contributed by atoms with Crippen molar-refractivity contribution in [3.63, 3.8) is 0 Å². The minimum atomic E-state index is -0.109. The topological polar surface area (TPSA) is 113 Å². The van der Waals surface area contributed by atoms with Crippen LogP contribution in [-0.2, 0) is 4.84 Å². The summed E-state index contributed by atoms with van der Waals surface area (Å²) >= 11 is 0. The molecule has 1 fully saturated rings. The zero-order valence-electron chi connectivity index (χ0n) is 16.0. The first kappa shape index (κ1) is 20.4. The lowest BCUT2D eigenvalue weighted by molar-refractivity contribution is -0.109. The summed E-state index contributed by atoms with van der Waals surface area (Å²) in [5, 5.41) is 12.8. The molecule has 3 atom stereocenters. The normalized spacial score (nSPS) is 26.4. The fraction of sp³-hybridized carbons (Fsp3) is 0.579. The Balaban J connectivity index is 2.19. The highest BCUT2D eigenvalue weighted by molar-refractivity contribution is 6.02. The van der Waals surface area contributed by atoms with E-state index < -0.39 is 0 Å².